The maximum absolute atomic E-state index is 12.5. The first-order valence-corrected chi connectivity index (χ1v) is 8.46. The molecular weight excluding hydrogens is 328 g/mol. The average Bonchev–Trinajstić information content (AvgIpc) is 3.23. The summed E-state index contributed by atoms with van der Waals surface area (Å²) in [5, 5.41) is 15.8. The molecule has 0 saturated carbocycles. The van der Waals surface area contributed by atoms with E-state index in [9.17, 15) is 9.59 Å². The maximum atomic E-state index is 12.5. The Morgan fingerprint density at radius 3 is 2.79 bits per heavy atom. The molecule has 2 fully saturated rings. The van der Waals surface area contributed by atoms with E-state index in [2.05, 4.69) is 16.7 Å². The second-order valence-corrected chi connectivity index (χ2v) is 6.63. The fraction of sp³-hybridized carbons (Fsp3) is 0.471. The smallest absolute Gasteiger partial charge is 0.251 e. The number of rotatable bonds is 3. The van der Waals surface area contributed by atoms with Gasteiger partial charge >= 0.3 is 0 Å². The molecule has 0 spiro atoms. The molecule has 2 heterocycles. The first-order valence-electron chi connectivity index (χ1n) is 8.08. The van der Waals surface area contributed by atoms with Crippen LogP contribution >= 0.6 is 11.6 Å². The van der Waals surface area contributed by atoms with E-state index in [1.807, 2.05) is 0 Å². The van der Waals surface area contributed by atoms with Crippen molar-refractivity contribution in [3.05, 3.63) is 34.9 Å². The molecule has 0 aliphatic carbocycles. The van der Waals surface area contributed by atoms with Crippen LogP contribution in [0.1, 0.15) is 29.6 Å². The van der Waals surface area contributed by atoms with Crippen LogP contribution in [0.4, 0.5) is 0 Å². The van der Waals surface area contributed by atoms with Crippen molar-refractivity contribution in [1.82, 2.24) is 15.5 Å². The standard InChI is InChI=1S/C17H19ClN4O2/c18-12-5-3-11(4-6-12)16(23)21-13-8-15(20-10-13)17(24)22-7-1-2-14(22)9-19/h3-6,13-15,20H,1-2,7-8,10H2,(H,21,23)/t13-,14?,15-/m0/s1. The van der Waals surface area contributed by atoms with E-state index < -0.39 is 0 Å². The SMILES string of the molecule is N#CC1CCCN1C(=O)[C@@H]1C[C@H](NC(=O)c2ccc(Cl)cc2)CN1. The minimum Gasteiger partial charge on any atom is -0.348 e. The van der Waals surface area contributed by atoms with Crippen LogP contribution in [0.15, 0.2) is 24.3 Å². The van der Waals surface area contributed by atoms with Crippen molar-refractivity contribution in [1.29, 1.82) is 5.26 Å². The molecule has 2 saturated heterocycles. The Morgan fingerprint density at radius 1 is 1.33 bits per heavy atom. The van der Waals surface area contributed by atoms with Gasteiger partial charge in [-0.25, -0.2) is 0 Å². The zero-order valence-electron chi connectivity index (χ0n) is 13.2. The molecule has 3 atom stereocenters. The van der Waals surface area contributed by atoms with E-state index in [0.717, 1.165) is 12.8 Å². The summed E-state index contributed by atoms with van der Waals surface area (Å²) in [5.74, 6) is -0.218. The number of nitrogens with one attached hydrogen (secondary N) is 2. The van der Waals surface area contributed by atoms with Gasteiger partial charge < -0.3 is 15.5 Å². The summed E-state index contributed by atoms with van der Waals surface area (Å²) in [7, 11) is 0. The fourth-order valence-corrected chi connectivity index (χ4v) is 3.39. The van der Waals surface area contributed by atoms with Gasteiger partial charge in [0.15, 0.2) is 0 Å². The summed E-state index contributed by atoms with van der Waals surface area (Å²) in [6.07, 6.45) is 2.14. The van der Waals surface area contributed by atoms with E-state index >= 15 is 0 Å². The first kappa shape index (κ1) is 16.7. The molecule has 0 radical (unpaired) electrons. The summed E-state index contributed by atoms with van der Waals surface area (Å²) < 4.78 is 0. The lowest BCUT2D eigenvalue weighted by atomic mass is 10.1. The monoisotopic (exact) mass is 346 g/mol. The first-order chi connectivity index (χ1) is 11.6. The highest BCUT2D eigenvalue weighted by Gasteiger charge is 2.37. The highest BCUT2D eigenvalue weighted by molar-refractivity contribution is 6.30. The lowest BCUT2D eigenvalue weighted by Crippen LogP contribution is -2.45. The van der Waals surface area contributed by atoms with Crippen LogP contribution in [0.5, 0.6) is 0 Å². The molecule has 126 valence electrons. The Labute approximate surface area is 145 Å². The van der Waals surface area contributed by atoms with Crippen molar-refractivity contribution in [2.24, 2.45) is 0 Å². The number of nitrogens with zero attached hydrogens (tertiary/aromatic N) is 2. The van der Waals surface area contributed by atoms with Crippen molar-refractivity contribution in [3.63, 3.8) is 0 Å². The average molecular weight is 347 g/mol. The summed E-state index contributed by atoms with van der Waals surface area (Å²) in [4.78, 5) is 26.4. The Balaban J connectivity index is 1.55. The van der Waals surface area contributed by atoms with Crippen LogP contribution in [0.3, 0.4) is 0 Å². The second kappa shape index (κ2) is 7.20. The van der Waals surface area contributed by atoms with Gasteiger partial charge in [-0.05, 0) is 43.5 Å². The summed E-state index contributed by atoms with van der Waals surface area (Å²) in [6, 6.07) is 8.11. The lowest BCUT2D eigenvalue weighted by Gasteiger charge is -2.23. The summed E-state index contributed by atoms with van der Waals surface area (Å²) in [6.45, 7) is 1.18. The zero-order chi connectivity index (χ0) is 17.1. The molecule has 0 aromatic heterocycles. The number of benzene rings is 1. The molecule has 6 nitrogen and oxygen atoms in total. The highest BCUT2D eigenvalue weighted by Crippen LogP contribution is 2.20. The van der Waals surface area contributed by atoms with Crippen LogP contribution in [0.2, 0.25) is 5.02 Å². The van der Waals surface area contributed by atoms with Crippen LogP contribution in [0, 0.1) is 11.3 Å². The van der Waals surface area contributed by atoms with Gasteiger partial charge in [0, 0.05) is 29.7 Å². The predicted molar refractivity (Wildman–Crippen MR) is 89.5 cm³/mol. The van der Waals surface area contributed by atoms with Crippen molar-refractivity contribution in [2.45, 2.75) is 37.4 Å². The van der Waals surface area contributed by atoms with Gasteiger partial charge in [-0.3, -0.25) is 9.59 Å². The topological polar surface area (TPSA) is 85.2 Å². The fourth-order valence-electron chi connectivity index (χ4n) is 3.27. The number of halogens is 1. The third-order valence-corrected chi connectivity index (χ3v) is 4.81. The van der Waals surface area contributed by atoms with Gasteiger partial charge in [-0.1, -0.05) is 11.6 Å². The second-order valence-electron chi connectivity index (χ2n) is 6.19. The lowest BCUT2D eigenvalue weighted by molar-refractivity contribution is -0.133. The molecule has 0 bridgehead atoms. The Kier molecular flexibility index (Phi) is 5.03. The van der Waals surface area contributed by atoms with E-state index in [1.165, 1.54) is 0 Å². The summed E-state index contributed by atoms with van der Waals surface area (Å²) in [5.41, 5.74) is 0.540. The van der Waals surface area contributed by atoms with Crippen LogP contribution in [-0.4, -0.2) is 47.9 Å². The molecule has 2 aliphatic rings. The Morgan fingerprint density at radius 2 is 2.08 bits per heavy atom. The molecule has 24 heavy (non-hydrogen) atoms. The number of amides is 2. The molecule has 2 N–H and O–H groups in total. The Hall–Kier alpha value is -2.10. The minimum atomic E-state index is -0.338. The Bertz CT molecular complexity index is 670. The molecule has 1 aromatic rings. The third-order valence-electron chi connectivity index (χ3n) is 4.56. The molecule has 7 heteroatoms. The molecule has 3 rings (SSSR count). The van der Waals surface area contributed by atoms with Crippen molar-refractivity contribution < 1.29 is 9.59 Å². The van der Waals surface area contributed by atoms with Crippen LogP contribution in [0.25, 0.3) is 0 Å². The highest BCUT2D eigenvalue weighted by atomic mass is 35.5. The van der Waals surface area contributed by atoms with Gasteiger partial charge in [0.25, 0.3) is 5.91 Å². The molecular formula is C17H19ClN4O2. The number of hydrogen-bond donors (Lipinski definition) is 2. The minimum absolute atomic E-state index is 0.0395. The molecule has 2 amide bonds. The van der Waals surface area contributed by atoms with Crippen LogP contribution < -0.4 is 10.6 Å². The quantitative estimate of drug-likeness (QED) is 0.864. The number of nitriles is 1. The normalized spacial score (nSPS) is 26.2. The van der Waals surface area contributed by atoms with Crippen molar-refractivity contribution in [3.8, 4) is 6.07 Å². The molecule has 2 aliphatic heterocycles. The van der Waals surface area contributed by atoms with Gasteiger partial charge in [-0.2, -0.15) is 5.26 Å². The number of carbonyl (C=O) groups excluding carboxylic acids is 2. The van der Waals surface area contributed by atoms with Gasteiger partial charge in [0.2, 0.25) is 5.91 Å². The van der Waals surface area contributed by atoms with Gasteiger partial charge in [0.1, 0.15) is 6.04 Å². The van der Waals surface area contributed by atoms with E-state index in [4.69, 9.17) is 16.9 Å². The number of carbonyl (C=O) groups is 2. The maximum Gasteiger partial charge on any atom is 0.251 e. The van der Waals surface area contributed by atoms with Crippen molar-refractivity contribution >= 4 is 23.4 Å². The van der Waals surface area contributed by atoms with E-state index in [0.29, 0.717) is 30.1 Å². The molecule has 1 unspecified atom stereocenters. The zero-order valence-corrected chi connectivity index (χ0v) is 13.9. The number of likely N-dealkylation sites (tertiary alicyclic amines) is 1. The van der Waals surface area contributed by atoms with E-state index in [-0.39, 0.29) is 29.9 Å². The molecule has 1 aromatic carbocycles. The van der Waals surface area contributed by atoms with Crippen LogP contribution in [-0.2, 0) is 4.79 Å². The van der Waals surface area contributed by atoms with Crippen molar-refractivity contribution in [2.75, 3.05) is 13.1 Å². The third kappa shape index (κ3) is 3.53. The number of hydrogen-bond acceptors (Lipinski definition) is 4. The van der Waals surface area contributed by atoms with E-state index in [1.54, 1.807) is 29.2 Å². The van der Waals surface area contributed by atoms with Gasteiger partial charge in [-0.15, -0.1) is 0 Å². The summed E-state index contributed by atoms with van der Waals surface area (Å²) >= 11 is 5.82. The van der Waals surface area contributed by atoms with Gasteiger partial charge in [0.05, 0.1) is 12.1 Å². The predicted octanol–water partition coefficient (Wildman–Crippen LogP) is 1.31. The largest absolute Gasteiger partial charge is 0.348 e.